The molecule has 2 saturated heterocycles. The molecule has 1 aromatic carbocycles. The van der Waals surface area contributed by atoms with E-state index in [-0.39, 0.29) is 47.4 Å². The van der Waals surface area contributed by atoms with Crippen LogP contribution in [0.4, 0.5) is 32.3 Å². The summed E-state index contributed by atoms with van der Waals surface area (Å²) >= 11 is 0. The van der Waals surface area contributed by atoms with Crippen LogP contribution in [0.2, 0.25) is 0 Å². The first-order valence-electron chi connectivity index (χ1n) is 17.0. The second-order valence-electron chi connectivity index (χ2n) is 13.9. The van der Waals surface area contributed by atoms with Crippen LogP contribution in [0.3, 0.4) is 0 Å². The highest BCUT2D eigenvalue weighted by molar-refractivity contribution is 6.03. The maximum atomic E-state index is 15.7. The van der Waals surface area contributed by atoms with Crippen molar-refractivity contribution in [2.75, 3.05) is 59.9 Å². The van der Waals surface area contributed by atoms with Gasteiger partial charge in [0.2, 0.25) is 11.8 Å². The predicted octanol–water partition coefficient (Wildman–Crippen LogP) is 4.53. The van der Waals surface area contributed by atoms with E-state index in [1.165, 1.54) is 18.3 Å². The number of fused-ring (bicyclic) bond motifs is 3. The Morgan fingerprint density at radius 1 is 1.14 bits per heavy atom. The fraction of sp³-hybridized carbons (Fsp3) is 0.514. The maximum Gasteiger partial charge on any atom is 0.323 e. The van der Waals surface area contributed by atoms with Crippen LogP contribution in [-0.4, -0.2) is 100 Å². The first kappa shape index (κ1) is 33.0. The normalized spacial score (nSPS) is 23.8. The van der Waals surface area contributed by atoms with E-state index in [1.54, 1.807) is 23.1 Å². The van der Waals surface area contributed by atoms with Crippen LogP contribution in [0.5, 0.6) is 5.88 Å². The van der Waals surface area contributed by atoms with Crippen LogP contribution in [0.15, 0.2) is 36.5 Å². The number of amides is 3. The fourth-order valence-electron chi connectivity index (χ4n) is 7.19. The van der Waals surface area contributed by atoms with Gasteiger partial charge in [-0.05, 0) is 70.2 Å². The van der Waals surface area contributed by atoms with Gasteiger partial charge in [0, 0.05) is 24.7 Å². The number of ether oxygens (including phenoxy) is 2. The van der Waals surface area contributed by atoms with E-state index in [2.05, 4.69) is 32.3 Å². The Morgan fingerprint density at radius 2 is 1.90 bits per heavy atom. The minimum absolute atomic E-state index is 0.0206. The smallest absolute Gasteiger partial charge is 0.323 e. The summed E-state index contributed by atoms with van der Waals surface area (Å²) in [6.45, 7) is 10.3. The Labute approximate surface area is 284 Å². The van der Waals surface area contributed by atoms with Crippen molar-refractivity contribution in [2.24, 2.45) is 5.92 Å². The second kappa shape index (κ2) is 13.0. The lowest BCUT2D eigenvalue weighted by Gasteiger charge is -2.35. The zero-order chi connectivity index (χ0) is 34.4. The van der Waals surface area contributed by atoms with Crippen molar-refractivity contribution in [3.8, 4) is 17.1 Å². The first-order valence-corrected chi connectivity index (χ1v) is 17.0. The second-order valence-corrected chi connectivity index (χ2v) is 13.9. The van der Waals surface area contributed by atoms with E-state index in [9.17, 15) is 14.7 Å². The van der Waals surface area contributed by atoms with Gasteiger partial charge in [-0.25, -0.2) is 19.2 Å². The number of aliphatic hydroxyl groups excluding tert-OH is 1. The molecule has 3 aliphatic heterocycles. The highest BCUT2D eigenvalue weighted by Gasteiger charge is 2.42. The number of halogens is 1. The molecule has 4 atom stereocenters. The lowest BCUT2D eigenvalue weighted by Crippen LogP contribution is -2.47. The van der Waals surface area contributed by atoms with Crippen molar-refractivity contribution in [1.82, 2.24) is 19.9 Å². The number of morpholine rings is 1. The number of rotatable bonds is 9. The molecule has 3 fully saturated rings. The summed E-state index contributed by atoms with van der Waals surface area (Å²) in [7, 11) is 0. The van der Waals surface area contributed by atoms with Gasteiger partial charge in [0.25, 0.3) is 5.91 Å². The van der Waals surface area contributed by atoms with Gasteiger partial charge >= 0.3 is 6.03 Å². The van der Waals surface area contributed by atoms with Crippen LogP contribution < -0.4 is 25.2 Å². The third-order valence-electron chi connectivity index (χ3n) is 9.76. The summed E-state index contributed by atoms with van der Waals surface area (Å²) in [5, 5.41) is 14.7. The van der Waals surface area contributed by atoms with Crippen molar-refractivity contribution in [1.29, 1.82) is 0 Å². The van der Waals surface area contributed by atoms with Gasteiger partial charge in [0.05, 0.1) is 61.7 Å². The third-order valence-corrected chi connectivity index (χ3v) is 9.76. The Hall–Kier alpha value is -4.56. The molecule has 3 N–H and O–H groups in total. The van der Waals surface area contributed by atoms with Gasteiger partial charge in [0.1, 0.15) is 22.8 Å². The Morgan fingerprint density at radius 3 is 2.53 bits per heavy atom. The molecular formula is C35H43FN8O5. The number of likely N-dealkylation sites (N-methyl/N-ethyl adjacent to an activating group) is 1. The van der Waals surface area contributed by atoms with Gasteiger partial charge < -0.3 is 39.9 Å². The number of urea groups is 1. The van der Waals surface area contributed by atoms with E-state index in [1.807, 2.05) is 20.8 Å². The SMILES string of the molecule is CCN1CC(C)(C)Oc2nc(N3C4CCC3COC4)nc(-c3ccc(NC(=O)Nc4ccc(N(CCO)C5CC5C)nc4)c(F)c3)c2C1=O. The average molecular weight is 675 g/mol. The van der Waals surface area contributed by atoms with Gasteiger partial charge in [-0.15, -0.1) is 0 Å². The molecule has 260 valence electrons. The molecule has 5 heterocycles. The van der Waals surface area contributed by atoms with Gasteiger partial charge in [-0.2, -0.15) is 4.98 Å². The summed E-state index contributed by atoms with van der Waals surface area (Å²) in [5.74, 6) is 0.862. The van der Waals surface area contributed by atoms with E-state index in [4.69, 9.17) is 19.4 Å². The lowest BCUT2D eigenvalue weighted by atomic mass is 10.0. The molecule has 4 aliphatic rings. The molecule has 1 saturated carbocycles. The topological polar surface area (TPSA) is 145 Å². The predicted molar refractivity (Wildman–Crippen MR) is 183 cm³/mol. The summed E-state index contributed by atoms with van der Waals surface area (Å²) in [5.41, 5.74) is 0.465. The minimum Gasteiger partial charge on any atom is -0.469 e. The Balaban J connectivity index is 1.15. The molecule has 49 heavy (non-hydrogen) atoms. The van der Waals surface area contributed by atoms with Crippen molar-refractivity contribution >= 4 is 35.1 Å². The largest absolute Gasteiger partial charge is 0.469 e. The summed E-state index contributed by atoms with van der Waals surface area (Å²) in [6.07, 6.45) is 4.46. The van der Waals surface area contributed by atoms with E-state index in [0.717, 1.165) is 25.1 Å². The van der Waals surface area contributed by atoms with Gasteiger partial charge in [-0.3, -0.25) is 4.79 Å². The molecule has 2 aromatic heterocycles. The third kappa shape index (κ3) is 6.58. The quantitative estimate of drug-likeness (QED) is 0.296. The molecule has 14 heteroatoms. The fourth-order valence-corrected chi connectivity index (χ4v) is 7.19. The van der Waals surface area contributed by atoms with E-state index < -0.39 is 17.4 Å². The lowest BCUT2D eigenvalue weighted by molar-refractivity contribution is 0.0540. The van der Waals surface area contributed by atoms with Crippen LogP contribution >= 0.6 is 0 Å². The zero-order valence-electron chi connectivity index (χ0n) is 28.3. The molecule has 13 nitrogen and oxygen atoms in total. The number of benzene rings is 1. The highest BCUT2D eigenvalue weighted by Crippen LogP contribution is 2.40. The van der Waals surface area contributed by atoms with Crippen LogP contribution in [-0.2, 0) is 4.74 Å². The van der Waals surface area contributed by atoms with Crippen molar-refractivity contribution in [2.45, 2.75) is 70.7 Å². The number of aliphatic hydroxyl groups is 1. The summed E-state index contributed by atoms with van der Waals surface area (Å²) < 4.78 is 27.9. The number of hydrogen-bond acceptors (Lipinski definition) is 10. The molecule has 0 radical (unpaired) electrons. The van der Waals surface area contributed by atoms with Crippen LogP contribution in [0.25, 0.3) is 11.3 Å². The number of carbonyl (C=O) groups is 2. The number of hydrogen-bond donors (Lipinski definition) is 3. The highest BCUT2D eigenvalue weighted by atomic mass is 19.1. The van der Waals surface area contributed by atoms with Crippen LogP contribution in [0.1, 0.15) is 57.3 Å². The average Bonchev–Trinajstić information content (AvgIpc) is 3.76. The molecule has 2 bridgehead atoms. The summed E-state index contributed by atoms with van der Waals surface area (Å²) in [4.78, 5) is 46.9. The number of carbonyl (C=O) groups excluding carboxylic acids is 2. The number of pyridine rings is 1. The summed E-state index contributed by atoms with van der Waals surface area (Å²) in [6, 6.07) is 7.75. The minimum atomic E-state index is -0.722. The number of anilines is 4. The molecular weight excluding hydrogens is 631 g/mol. The molecule has 0 spiro atoms. The molecule has 3 aromatic rings. The Kier molecular flexibility index (Phi) is 8.78. The van der Waals surface area contributed by atoms with Crippen molar-refractivity contribution in [3.63, 3.8) is 0 Å². The van der Waals surface area contributed by atoms with Gasteiger partial charge in [0.15, 0.2) is 0 Å². The molecule has 1 aliphatic carbocycles. The van der Waals surface area contributed by atoms with E-state index >= 15 is 4.39 Å². The monoisotopic (exact) mass is 674 g/mol. The van der Waals surface area contributed by atoms with E-state index in [0.29, 0.717) is 62.0 Å². The zero-order valence-corrected chi connectivity index (χ0v) is 28.3. The Bertz CT molecular complexity index is 1720. The molecule has 3 amide bonds. The standard InChI is InChI=1S/C35H43FN8O5/c1-5-42-19-35(3,4)49-31-29(32(42)46)30(40-33(41-31)44-23-8-9-24(44)18-48-17-23)21-6-10-26(25(36)15-21)39-34(47)38-22-7-11-28(37-16-22)43(12-13-45)27-14-20(27)2/h6-7,10-11,15-16,20,23-24,27,45H,5,8-9,12-14,17-19H2,1-4H3,(H2,38,39,47). The maximum absolute atomic E-state index is 15.7. The number of nitrogens with zero attached hydrogens (tertiary/aromatic N) is 6. The molecule has 4 unspecified atom stereocenters. The van der Waals surface area contributed by atoms with Crippen molar-refractivity contribution < 1.29 is 28.6 Å². The van der Waals surface area contributed by atoms with Crippen LogP contribution in [0, 0.1) is 11.7 Å². The molecule has 7 rings (SSSR count). The number of nitrogens with one attached hydrogen (secondary N) is 2. The van der Waals surface area contributed by atoms with Crippen molar-refractivity contribution in [3.05, 3.63) is 47.9 Å². The number of aromatic nitrogens is 3. The first-order chi connectivity index (χ1) is 23.5. The van der Waals surface area contributed by atoms with Gasteiger partial charge in [-0.1, -0.05) is 13.0 Å².